The van der Waals surface area contributed by atoms with Crippen molar-refractivity contribution in [1.82, 2.24) is 19.7 Å². The minimum atomic E-state index is -0.214. The summed E-state index contributed by atoms with van der Waals surface area (Å²) in [5, 5.41) is 8.68. The third-order valence-corrected chi connectivity index (χ3v) is 5.66. The van der Waals surface area contributed by atoms with E-state index in [-0.39, 0.29) is 17.9 Å². The number of nitrogens with one attached hydrogen (secondary N) is 1. The van der Waals surface area contributed by atoms with Crippen LogP contribution in [-0.4, -0.2) is 32.8 Å². The number of hydrogen-bond donors (Lipinski definition) is 1. The Morgan fingerprint density at radius 3 is 2.66 bits per heavy atom. The molecule has 7 nitrogen and oxygen atoms in total. The number of pyridine rings is 1. The molecular weight excluding hydrogens is 386 g/mol. The number of nitrogens with zero attached hydrogens (tertiary/aromatic N) is 4. The van der Waals surface area contributed by atoms with Gasteiger partial charge >= 0.3 is 0 Å². The number of methoxy groups -OCH3 is 1. The SMILES string of the molecule is COc1ccc2nc(NC(=O)c3cc(C(C)C)nc4c3cnn4C(C)C)sc2c1. The van der Waals surface area contributed by atoms with Crippen LogP contribution in [0.25, 0.3) is 21.3 Å². The zero-order valence-corrected chi connectivity index (χ0v) is 17.9. The number of anilines is 1. The van der Waals surface area contributed by atoms with Crippen molar-refractivity contribution in [2.45, 2.75) is 39.7 Å². The van der Waals surface area contributed by atoms with Gasteiger partial charge in [0.2, 0.25) is 0 Å². The third kappa shape index (κ3) is 3.55. The second-order valence-electron chi connectivity index (χ2n) is 7.48. The molecule has 29 heavy (non-hydrogen) atoms. The second kappa shape index (κ2) is 7.44. The quantitative estimate of drug-likeness (QED) is 0.501. The van der Waals surface area contributed by atoms with E-state index in [9.17, 15) is 4.79 Å². The number of thiazole rings is 1. The maximum absolute atomic E-state index is 13.1. The second-order valence-corrected chi connectivity index (χ2v) is 8.51. The third-order valence-electron chi connectivity index (χ3n) is 4.73. The lowest BCUT2D eigenvalue weighted by Gasteiger charge is -2.11. The van der Waals surface area contributed by atoms with Crippen molar-refractivity contribution in [3.8, 4) is 5.75 Å². The standard InChI is InChI=1S/C21H23N5O2S/c1-11(2)17-9-14(15-10-22-26(12(3)4)19(15)23-17)20(27)25-21-24-16-7-6-13(28-5)8-18(16)29-21/h6-12H,1-5H3,(H,24,25,27). The summed E-state index contributed by atoms with van der Waals surface area (Å²) < 4.78 is 8.07. The Bertz CT molecular complexity index is 1210. The Morgan fingerprint density at radius 1 is 1.17 bits per heavy atom. The van der Waals surface area contributed by atoms with Crippen molar-refractivity contribution in [3.63, 3.8) is 0 Å². The molecule has 0 radical (unpaired) electrons. The molecule has 0 aliphatic rings. The topological polar surface area (TPSA) is 81.9 Å². The van der Waals surface area contributed by atoms with Gasteiger partial charge in [-0.05, 0) is 44.0 Å². The van der Waals surface area contributed by atoms with E-state index in [1.54, 1.807) is 13.3 Å². The summed E-state index contributed by atoms with van der Waals surface area (Å²) in [6, 6.07) is 7.66. The highest BCUT2D eigenvalue weighted by Gasteiger charge is 2.20. The molecule has 8 heteroatoms. The number of rotatable bonds is 5. The molecule has 3 aromatic heterocycles. The van der Waals surface area contributed by atoms with Crippen LogP contribution in [0, 0.1) is 0 Å². The van der Waals surface area contributed by atoms with Gasteiger partial charge in [0, 0.05) is 11.7 Å². The molecule has 1 aromatic carbocycles. The Hall–Kier alpha value is -3.00. The van der Waals surface area contributed by atoms with Crippen LogP contribution in [0.2, 0.25) is 0 Å². The molecule has 150 valence electrons. The van der Waals surface area contributed by atoms with Crippen LogP contribution in [0.15, 0.2) is 30.5 Å². The van der Waals surface area contributed by atoms with Gasteiger partial charge in [0.1, 0.15) is 5.75 Å². The highest BCUT2D eigenvalue weighted by atomic mass is 32.1. The van der Waals surface area contributed by atoms with E-state index >= 15 is 0 Å². The summed E-state index contributed by atoms with van der Waals surface area (Å²) in [4.78, 5) is 22.4. The maximum atomic E-state index is 13.1. The lowest BCUT2D eigenvalue weighted by atomic mass is 10.0. The fourth-order valence-electron chi connectivity index (χ4n) is 3.15. The van der Waals surface area contributed by atoms with Gasteiger partial charge in [-0.25, -0.2) is 14.6 Å². The van der Waals surface area contributed by atoms with E-state index in [1.165, 1.54) is 11.3 Å². The maximum Gasteiger partial charge on any atom is 0.258 e. The van der Waals surface area contributed by atoms with Gasteiger partial charge in [0.05, 0.1) is 34.5 Å². The molecule has 0 unspecified atom stereocenters. The Kier molecular flexibility index (Phi) is 4.96. The molecule has 0 fully saturated rings. The van der Waals surface area contributed by atoms with E-state index in [1.807, 2.05) is 42.8 Å². The molecule has 4 aromatic rings. The van der Waals surface area contributed by atoms with Gasteiger partial charge < -0.3 is 4.74 Å². The Morgan fingerprint density at radius 2 is 1.97 bits per heavy atom. The van der Waals surface area contributed by atoms with E-state index in [0.29, 0.717) is 10.7 Å². The summed E-state index contributed by atoms with van der Waals surface area (Å²) in [6.07, 6.45) is 1.71. The first kappa shape index (κ1) is 19.3. The molecule has 0 saturated heterocycles. The van der Waals surface area contributed by atoms with Crippen LogP contribution < -0.4 is 10.1 Å². The zero-order chi connectivity index (χ0) is 20.7. The smallest absolute Gasteiger partial charge is 0.258 e. The van der Waals surface area contributed by atoms with Crippen LogP contribution in [0.1, 0.15) is 55.7 Å². The molecule has 0 saturated carbocycles. The normalized spacial score (nSPS) is 11.7. The molecule has 0 bridgehead atoms. The number of amides is 1. The van der Waals surface area contributed by atoms with Crippen LogP contribution in [0.3, 0.4) is 0 Å². The first-order chi connectivity index (χ1) is 13.9. The number of fused-ring (bicyclic) bond motifs is 2. The largest absolute Gasteiger partial charge is 0.497 e. The van der Waals surface area contributed by atoms with Crippen molar-refractivity contribution in [2.75, 3.05) is 12.4 Å². The van der Waals surface area contributed by atoms with Gasteiger partial charge in [-0.3, -0.25) is 10.1 Å². The first-order valence-electron chi connectivity index (χ1n) is 9.51. The molecule has 0 spiro atoms. The van der Waals surface area contributed by atoms with E-state index < -0.39 is 0 Å². The van der Waals surface area contributed by atoms with Crippen LogP contribution in [0.4, 0.5) is 5.13 Å². The van der Waals surface area contributed by atoms with Gasteiger partial charge in [-0.1, -0.05) is 25.2 Å². The number of aromatic nitrogens is 4. The summed E-state index contributed by atoms with van der Waals surface area (Å²) in [5.41, 5.74) is 2.97. The number of hydrogen-bond acceptors (Lipinski definition) is 6. The predicted octanol–water partition coefficient (Wildman–Crippen LogP) is 5.01. The number of carbonyl (C=O) groups is 1. The molecule has 1 amide bonds. The molecule has 0 atom stereocenters. The summed E-state index contributed by atoms with van der Waals surface area (Å²) in [5.74, 6) is 0.738. The van der Waals surface area contributed by atoms with E-state index in [4.69, 9.17) is 9.72 Å². The van der Waals surface area contributed by atoms with E-state index in [0.717, 1.165) is 32.7 Å². The minimum Gasteiger partial charge on any atom is -0.497 e. The monoisotopic (exact) mass is 409 g/mol. The van der Waals surface area contributed by atoms with Crippen LogP contribution in [0.5, 0.6) is 5.75 Å². The summed E-state index contributed by atoms with van der Waals surface area (Å²) >= 11 is 1.42. The summed E-state index contributed by atoms with van der Waals surface area (Å²) in [7, 11) is 1.63. The van der Waals surface area contributed by atoms with Gasteiger partial charge in [0.25, 0.3) is 5.91 Å². The fourth-order valence-corrected chi connectivity index (χ4v) is 4.04. The van der Waals surface area contributed by atoms with Gasteiger partial charge in [-0.15, -0.1) is 0 Å². The van der Waals surface area contributed by atoms with Crippen molar-refractivity contribution in [1.29, 1.82) is 0 Å². The lowest BCUT2D eigenvalue weighted by molar-refractivity contribution is 0.102. The average molecular weight is 410 g/mol. The van der Waals surface area contributed by atoms with Crippen molar-refractivity contribution < 1.29 is 9.53 Å². The number of carbonyl (C=O) groups excluding carboxylic acids is 1. The molecular formula is C21H23N5O2S. The fraction of sp³-hybridized carbons (Fsp3) is 0.333. The number of ether oxygens (including phenoxy) is 1. The molecule has 1 N–H and O–H groups in total. The predicted molar refractivity (Wildman–Crippen MR) is 116 cm³/mol. The summed E-state index contributed by atoms with van der Waals surface area (Å²) in [6.45, 7) is 8.22. The molecule has 4 rings (SSSR count). The molecule has 0 aliphatic heterocycles. The molecule has 0 aliphatic carbocycles. The van der Waals surface area contributed by atoms with Crippen molar-refractivity contribution in [3.05, 3.63) is 41.7 Å². The van der Waals surface area contributed by atoms with Crippen molar-refractivity contribution >= 4 is 43.6 Å². The minimum absolute atomic E-state index is 0.151. The molecule has 3 heterocycles. The zero-order valence-electron chi connectivity index (χ0n) is 17.1. The first-order valence-corrected chi connectivity index (χ1v) is 10.3. The Labute approximate surface area is 172 Å². The number of benzene rings is 1. The van der Waals surface area contributed by atoms with Crippen LogP contribution in [-0.2, 0) is 0 Å². The van der Waals surface area contributed by atoms with Crippen LogP contribution >= 0.6 is 11.3 Å². The highest BCUT2D eigenvalue weighted by Crippen LogP contribution is 2.30. The van der Waals surface area contributed by atoms with Crippen molar-refractivity contribution in [2.24, 2.45) is 0 Å². The lowest BCUT2D eigenvalue weighted by Crippen LogP contribution is -2.14. The highest BCUT2D eigenvalue weighted by molar-refractivity contribution is 7.22. The average Bonchev–Trinajstić information content (AvgIpc) is 3.29. The Balaban J connectivity index is 1.74. The van der Waals surface area contributed by atoms with Gasteiger partial charge in [-0.2, -0.15) is 5.10 Å². The van der Waals surface area contributed by atoms with E-state index in [2.05, 4.69) is 29.2 Å². The van der Waals surface area contributed by atoms with Gasteiger partial charge in [0.15, 0.2) is 10.8 Å².